The number of amides is 1. The van der Waals surface area contributed by atoms with Crippen LogP contribution in [-0.2, 0) is 19.5 Å². The number of carbonyl (C=O) groups is 1. The van der Waals surface area contributed by atoms with Crippen molar-refractivity contribution in [2.24, 2.45) is 0 Å². The molecule has 42 heavy (non-hydrogen) atoms. The molecule has 2 atom stereocenters. The quantitative estimate of drug-likeness (QED) is 0.179. The summed E-state index contributed by atoms with van der Waals surface area (Å²) in [6, 6.07) is 17.0. The van der Waals surface area contributed by atoms with Gasteiger partial charge < -0.3 is 15.7 Å². The minimum absolute atomic E-state index is 0.0798. The number of nitrogens with zero attached hydrogens (tertiary/aromatic N) is 1. The molecule has 0 radical (unpaired) electrons. The molecule has 1 saturated carbocycles. The first-order valence-corrected chi connectivity index (χ1v) is 16.0. The number of hydrogen-bond acceptors (Lipinski definition) is 4. The first-order chi connectivity index (χ1) is 20.2. The predicted molar refractivity (Wildman–Crippen MR) is 172 cm³/mol. The first kappa shape index (κ1) is 32.5. The predicted octanol–water partition coefficient (Wildman–Crippen LogP) is 6.52. The summed E-state index contributed by atoms with van der Waals surface area (Å²) in [5, 5.41) is 17.4. The van der Waals surface area contributed by atoms with Crippen LogP contribution in [-0.4, -0.2) is 47.2 Å². The average molecular weight is 690 g/mol. The first-order valence-electron chi connectivity index (χ1n) is 14.9. The van der Waals surface area contributed by atoms with Gasteiger partial charge in [-0.3, -0.25) is 9.69 Å². The van der Waals surface area contributed by atoms with Crippen LogP contribution in [0.3, 0.4) is 0 Å². The molecule has 1 amide bonds. The van der Waals surface area contributed by atoms with Crippen LogP contribution >= 0.6 is 22.6 Å². The van der Waals surface area contributed by atoms with Gasteiger partial charge in [0.1, 0.15) is 11.6 Å². The van der Waals surface area contributed by atoms with Crippen LogP contribution in [0, 0.1) is 22.1 Å². The van der Waals surface area contributed by atoms with Crippen LogP contribution in [0.4, 0.5) is 8.78 Å². The lowest BCUT2D eigenvalue weighted by Gasteiger charge is -2.33. The van der Waals surface area contributed by atoms with E-state index in [9.17, 15) is 18.7 Å². The Hall–Kier alpha value is -2.40. The lowest BCUT2D eigenvalue weighted by atomic mass is 9.93. The molecule has 0 spiro atoms. The highest BCUT2D eigenvalue weighted by Crippen LogP contribution is 2.24. The van der Waals surface area contributed by atoms with Crippen molar-refractivity contribution in [3.8, 4) is 0 Å². The number of aliphatic hydroxyl groups is 1. The summed E-state index contributed by atoms with van der Waals surface area (Å²) < 4.78 is 29.1. The highest BCUT2D eigenvalue weighted by molar-refractivity contribution is 14.1. The molecule has 8 heteroatoms. The summed E-state index contributed by atoms with van der Waals surface area (Å²) in [6.07, 6.45) is 5.35. The molecule has 1 aliphatic rings. The van der Waals surface area contributed by atoms with Crippen LogP contribution in [0.2, 0.25) is 0 Å². The van der Waals surface area contributed by atoms with Gasteiger partial charge in [-0.2, -0.15) is 0 Å². The maximum Gasteiger partial charge on any atom is 0.251 e. The fraction of sp³-hybridized carbons (Fsp3) is 0.441. The van der Waals surface area contributed by atoms with Gasteiger partial charge in [0.15, 0.2) is 0 Å². The molecule has 1 aliphatic carbocycles. The van der Waals surface area contributed by atoms with Gasteiger partial charge in [-0.15, -0.1) is 0 Å². The molecule has 1 fully saturated rings. The Labute approximate surface area is 262 Å². The number of benzene rings is 3. The molecule has 0 bridgehead atoms. The van der Waals surface area contributed by atoms with Crippen LogP contribution < -0.4 is 10.6 Å². The smallest absolute Gasteiger partial charge is 0.251 e. The monoisotopic (exact) mass is 689 g/mol. The Morgan fingerprint density at radius 1 is 1.00 bits per heavy atom. The van der Waals surface area contributed by atoms with Gasteiger partial charge in [0.05, 0.1) is 12.1 Å². The Kier molecular flexibility index (Phi) is 12.3. The third-order valence-electron chi connectivity index (χ3n) is 8.01. The maximum atomic E-state index is 14.0. The van der Waals surface area contributed by atoms with Crippen LogP contribution in [0.5, 0.6) is 0 Å². The van der Waals surface area contributed by atoms with Crippen LogP contribution in [0.1, 0.15) is 71.6 Å². The van der Waals surface area contributed by atoms with E-state index >= 15 is 0 Å². The van der Waals surface area contributed by atoms with Crippen molar-refractivity contribution in [3.05, 3.63) is 104 Å². The molecule has 4 rings (SSSR count). The maximum absolute atomic E-state index is 14.0. The Balaban J connectivity index is 1.48. The molecule has 226 valence electrons. The van der Waals surface area contributed by atoms with Gasteiger partial charge in [-0.05, 0) is 108 Å². The largest absolute Gasteiger partial charge is 0.390 e. The van der Waals surface area contributed by atoms with Crippen molar-refractivity contribution in [1.29, 1.82) is 0 Å². The van der Waals surface area contributed by atoms with Crippen molar-refractivity contribution in [1.82, 2.24) is 15.5 Å². The van der Waals surface area contributed by atoms with Gasteiger partial charge >= 0.3 is 0 Å². The van der Waals surface area contributed by atoms with Crippen molar-refractivity contribution in [3.63, 3.8) is 0 Å². The zero-order valence-electron chi connectivity index (χ0n) is 24.5. The fourth-order valence-corrected chi connectivity index (χ4v) is 6.54. The van der Waals surface area contributed by atoms with Gasteiger partial charge in [0.25, 0.3) is 5.91 Å². The zero-order valence-corrected chi connectivity index (χ0v) is 26.7. The second kappa shape index (κ2) is 15.9. The van der Waals surface area contributed by atoms with E-state index in [1.54, 1.807) is 0 Å². The number of hydrogen-bond donors (Lipinski definition) is 3. The third-order valence-corrected chi connectivity index (χ3v) is 8.68. The summed E-state index contributed by atoms with van der Waals surface area (Å²) >= 11 is 2.25. The van der Waals surface area contributed by atoms with Gasteiger partial charge in [-0.25, -0.2) is 8.78 Å². The minimum Gasteiger partial charge on any atom is -0.390 e. The summed E-state index contributed by atoms with van der Waals surface area (Å²) in [4.78, 5) is 16.1. The summed E-state index contributed by atoms with van der Waals surface area (Å²) in [5.41, 5.74) is 4.02. The second-order valence-corrected chi connectivity index (χ2v) is 12.7. The standard InChI is InChI=1S/C34H42F2IN3O2/c1-3-40(31-10-5-4-6-11-31)22-26-12-23(2)13-27(14-26)34(42)39-32(18-25-15-28(35)19-29(36)16-25)33(41)21-38-20-24-8-7-9-30(37)17-24/h7-9,12-17,19,31-33,38,41H,3-6,10-11,18,20-22H2,1-2H3,(H,39,42)/t32-,33+/m0/s1. The van der Waals surface area contributed by atoms with Crippen molar-refractivity contribution in [2.75, 3.05) is 13.1 Å². The lowest BCUT2D eigenvalue weighted by Crippen LogP contribution is -2.48. The summed E-state index contributed by atoms with van der Waals surface area (Å²) in [5.74, 6) is -1.70. The summed E-state index contributed by atoms with van der Waals surface area (Å²) in [7, 11) is 0. The van der Waals surface area contributed by atoms with Gasteiger partial charge in [0.2, 0.25) is 0 Å². The second-order valence-electron chi connectivity index (χ2n) is 11.5. The molecule has 3 aromatic rings. The van der Waals surface area contributed by atoms with E-state index in [-0.39, 0.29) is 18.9 Å². The number of carbonyl (C=O) groups excluding carboxylic acids is 1. The van der Waals surface area contributed by atoms with E-state index in [4.69, 9.17) is 0 Å². The van der Waals surface area contributed by atoms with E-state index in [0.717, 1.165) is 39.4 Å². The van der Waals surface area contributed by atoms with E-state index in [2.05, 4.69) is 57.2 Å². The minimum atomic E-state index is -0.991. The number of rotatable bonds is 13. The number of aryl methyl sites for hydroxylation is 1. The third kappa shape index (κ3) is 9.82. The van der Waals surface area contributed by atoms with Crippen molar-refractivity contribution in [2.45, 2.75) is 83.6 Å². The average Bonchev–Trinajstić information content (AvgIpc) is 2.95. The molecule has 0 aliphatic heterocycles. The van der Waals surface area contributed by atoms with E-state index in [1.807, 2.05) is 37.3 Å². The van der Waals surface area contributed by atoms with Crippen LogP contribution in [0.15, 0.2) is 60.7 Å². The van der Waals surface area contributed by atoms with E-state index in [1.165, 1.54) is 44.2 Å². The van der Waals surface area contributed by atoms with Crippen molar-refractivity contribution < 1.29 is 18.7 Å². The zero-order chi connectivity index (χ0) is 30.1. The normalized spacial score (nSPS) is 15.5. The molecule has 0 unspecified atom stereocenters. The number of nitrogens with one attached hydrogen (secondary N) is 2. The molecule has 3 aromatic carbocycles. The molecule has 0 saturated heterocycles. The molecule has 5 nitrogen and oxygen atoms in total. The Bertz CT molecular complexity index is 1310. The SMILES string of the molecule is CCN(Cc1cc(C)cc(C(=O)N[C@@H](Cc2cc(F)cc(F)c2)[C@H](O)CNCc2cccc(I)c2)c1)C1CCCCC1. The Morgan fingerprint density at radius 3 is 2.43 bits per heavy atom. The number of halogens is 3. The lowest BCUT2D eigenvalue weighted by molar-refractivity contribution is 0.0829. The number of aliphatic hydroxyl groups excluding tert-OH is 1. The highest BCUT2D eigenvalue weighted by Gasteiger charge is 2.24. The fourth-order valence-electron chi connectivity index (χ4n) is 5.94. The van der Waals surface area contributed by atoms with E-state index in [0.29, 0.717) is 23.7 Å². The van der Waals surface area contributed by atoms with Crippen molar-refractivity contribution >= 4 is 28.5 Å². The topological polar surface area (TPSA) is 64.6 Å². The van der Waals surface area contributed by atoms with Gasteiger partial charge in [-0.1, -0.05) is 49.9 Å². The molecular formula is C34H42F2IN3O2. The van der Waals surface area contributed by atoms with E-state index < -0.39 is 23.8 Å². The van der Waals surface area contributed by atoms with Gasteiger partial charge in [0, 0.05) is 40.9 Å². The highest BCUT2D eigenvalue weighted by atomic mass is 127. The molecule has 0 aromatic heterocycles. The molecule has 3 N–H and O–H groups in total. The van der Waals surface area contributed by atoms with Crippen LogP contribution in [0.25, 0.3) is 0 Å². The Morgan fingerprint density at radius 2 is 1.74 bits per heavy atom. The summed E-state index contributed by atoms with van der Waals surface area (Å²) in [6.45, 7) is 6.63. The molecular weight excluding hydrogens is 647 g/mol. The molecule has 0 heterocycles.